The molecular formula is C19H25N3O6S2. The topological polar surface area (TPSA) is 127 Å². The SMILES string of the molecule is COCCCS(=O)(=O)c1ccc(/C(=N\O[C@H](C)CO)C(=O)Nc2ncc(C)s2)cc1. The number of rotatable bonds is 11. The predicted octanol–water partition coefficient (Wildman–Crippen LogP) is 2.00. The van der Waals surface area contributed by atoms with Crippen molar-refractivity contribution in [2.24, 2.45) is 5.16 Å². The highest BCUT2D eigenvalue weighted by Gasteiger charge is 2.20. The predicted molar refractivity (Wildman–Crippen MR) is 115 cm³/mol. The Labute approximate surface area is 179 Å². The van der Waals surface area contributed by atoms with Crippen LogP contribution in [0.15, 0.2) is 40.5 Å². The number of benzene rings is 1. The van der Waals surface area contributed by atoms with Crippen molar-refractivity contribution in [3.8, 4) is 0 Å². The number of methoxy groups -OCH3 is 1. The Hall–Kier alpha value is -2.34. The van der Waals surface area contributed by atoms with Crippen molar-refractivity contribution in [1.29, 1.82) is 0 Å². The fourth-order valence-corrected chi connectivity index (χ4v) is 4.25. The van der Waals surface area contributed by atoms with E-state index in [1.165, 1.54) is 42.7 Å². The highest BCUT2D eigenvalue weighted by molar-refractivity contribution is 7.91. The molecule has 1 aromatic carbocycles. The van der Waals surface area contributed by atoms with Gasteiger partial charge in [0.15, 0.2) is 20.7 Å². The summed E-state index contributed by atoms with van der Waals surface area (Å²) in [7, 11) is -1.95. The van der Waals surface area contributed by atoms with Gasteiger partial charge in [0.1, 0.15) is 6.10 Å². The molecule has 2 rings (SSSR count). The summed E-state index contributed by atoms with van der Waals surface area (Å²) in [6, 6.07) is 5.82. The Morgan fingerprint density at radius 1 is 1.33 bits per heavy atom. The minimum absolute atomic E-state index is 0.0395. The van der Waals surface area contributed by atoms with Crippen molar-refractivity contribution in [2.45, 2.75) is 31.3 Å². The van der Waals surface area contributed by atoms with E-state index in [0.717, 1.165) is 4.88 Å². The molecule has 30 heavy (non-hydrogen) atoms. The summed E-state index contributed by atoms with van der Waals surface area (Å²) in [6.45, 7) is 3.53. The number of nitrogens with one attached hydrogen (secondary N) is 1. The molecule has 0 saturated carbocycles. The van der Waals surface area contributed by atoms with Crippen LogP contribution in [0.3, 0.4) is 0 Å². The van der Waals surface area contributed by atoms with Crippen molar-refractivity contribution >= 4 is 37.9 Å². The van der Waals surface area contributed by atoms with Crippen LogP contribution in [0.5, 0.6) is 0 Å². The smallest absolute Gasteiger partial charge is 0.280 e. The molecule has 2 N–H and O–H groups in total. The van der Waals surface area contributed by atoms with Crippen molar-refractivity contribution in [2.75, 3.05) is 31.4 Å². The van der Waals surface area contributed by atoms with Crippen molar-refractivity contribution < 1.29 is 27.9 Å². The lowest BCUT2D eigenvalue weighted by Gasteiger charge is -2.10. The van der Waals surface area contributed by atoms with Crippen LogP contribution in [-0.4, -0.2) is 62.3 Å². The number of aryl methyl sites for hydroxylation is 1. The molecule has 0 aliphatic carbocycles. The van der Waals surface area contributed by atoms with E-state index < -0.39 is 21.8 Å². The molecule has 1 atom stereocenters. The van der Waals surface area contributed by atoms with Crippen molar-refractivity contribution in [3.05, 3.63) is 40.9 Å². The number of hydrogen-bond acceptors (Lipinski definition) is 9. The number of carbonyl (C=O) groups excluding carboxylic acids is 1. The molecule has 9 nitrogen and oxygen atoms in total. The second kappa shape index (κ2) is 11.2. The molecule has 0 radical (unpaired) electrons. The molecule has 0 fully saturated rings. The minimum atomic E-state index is -3.46. The first kappa shape index (κ1) is 23.9. The van der Waals surface area contributed by atoms with Crippen LogP contribution in [0.1, 0.15) is 23.8 Å². The summed E-state index contributed by atoms with van der Waals surface area (Å²) >= 11 is 1.30. The Morgan fingerprint density at radius 3 is 2.60 bits per heavy atom. The molecule has 0 bridgehead atoms. The summed E-state index contributed by atoms with van der Waals surface area (Å²) in [5.41, 5.74) is 0.299. The van der Waals surface area contributed by atoms with Gasteiger partial charge in [0, 0.05) is 30.4 Å². The Kier molecular flexibility index (Phi) is 8.90. The highest BCUT2D eigenvalue weighted by Crippen LogP contribution is 2.18. The van der Waals surface area contributed by atoms with Crippen LogP contribution < -0.4 is 5.32 Å². The maximum Gasteiger partial charge on any atom is 0.280 e. The number of aromatic nitrogens is 1. The molecule has 0 spiro atoms. The summed E-state index contributed by atoms with van der Waals surface area (Å²) in [4.78, 5) is 23.0. The van der Waals surface area contributed by atoms with Crippen molar-refractivity contribution in [1.82, 2.24) is 4.98 Å². The number of carbonyl (C=O) groups is 1. The van der Waals surface area contributed by atoms with E-state index >= 15 is 0 Å². The molecule has 1 amide bonds. The van der Waals surface area contributed by atoms with Crippen LogP contribution in [0.25, 0.3) is 0 Å². The van der Waals surface area contributed by atoms with Crippen LogP contribution in [0, 0.1) is 6.92 Å². The van der Waals surface area contributed by atoms with Gasteiger partial charge in [-0.2, -0.15) is 0 Å². The van der Waals surface area contributed by atoms with E-state index in [1.807, 2.05) is 6.92 Å². The van der Waals surface area contributed by atoms with Gasteiger partial charge in [-0.15, -0.1) is 11.3 Å². The average Bonchev–Trinajstić information content (AvgIpc) is 3.13. The first-order valence-electron chi connectivity index (χ1n) is 9.17. The molecule has 1 heterocycles. The maximum absolute atomic E-state index is 12.7. The van der Waals surface area contributed by atoms with E-state index in [-0.39, 0.29) is 23.0 Å². The molecule has 164 valence electrons. The van der Waals surface area contributed by atoms with Gasteiger partial charge >= 0.3 is 0 Å². The number of nitrogens with zero attached hydrogens (tertiary/aromatic N) is 2. The first-order chi connectivity index (χ1) is 14.3. The monoisotopic (exact) mass is 455 g/mol. The number of hydrogen-bond donors (Lipinski definition) is 2. The minimum Gasteiger partial charge on any atom is -0.392 e. The average molecular weight is 456 g/mol. The molecule has 1 aromatic heterocycles. The fourth-order valence-electron chi connectivity index (χ4n) is 2.30. The zero-order valence-corrected chi connectivity index (χ0v) is 18.6. The van der Waals surface area contributed by atoms with Gasteiger partial charge in [0.25, 0.3) is 5.91 Å². The fraction of sp³-hybridized carbons (Fsp3) is 0.421. The summed E-state index contributed by atoms with van der Waals surface area (Å²) in [5, 5.41) is 16.1. The molecule has 11 heteroatoms. The number of oxime groups is 1. The van der Waals surface area contributed by atoms with E-state index in [4.69, 9.17) is 14.7 Å². The van der Waals surface area contributed by atoms with Gasteiger partial charge in [-0.1, -0.05) is 17.3 Å². The summed E-state index contributed by atoms with van der Waals surface area (Å²) < 4.78 is 29.7. The number of thiazole rings is 1. The molecule has 0 aliphatic heterocycles. The quantitative estimate of drug-likeness (QED) is 0.301. The Bertz CT molecular complexity index is 970. The third-order valence-electron chi connectivity index (χ3n) is 3.89. The Balaban J connectivity index is 2.26. The molecule has 2 aromatic rings. The molecule has 0 aliphatic rings. The second-order valence-electron chi connectivity index (χ2n) is 6.46. The third kappa shape index (κ3) is 6.87. The van der Waals surface area contributed by atoms with E-state index in [9.17, 15) is 13.2 Å². The number of amides is 1. The normalized spacial score (nSPS) is 13.1. The number of ether oxygens (including phenoxy) is 1. The van der Waals surface area contributed by atoms with E-state index in [1.54, 1.807) is 13.1 Å². The van der Waals surface area contributed by atoms with E-state index in [0.29, 0.717) is 23.7 Å². The van der Waals surface area contributed by atoms with Gasteiger partial charge in [0.05, 0.1) is 17.3 Å². The first-order valence-corrected chi connectivity index (χ1v) is 11.6. The maximum atomic E-state index is 12.7. The van der Waals surface area contributed by atoms with Crippen LogP contribution in [-0.2, 0) is 24.2 Å². The standard InChI is InChI=1S/C19H25N3O6S2/c1-13(12-23)28-22-17(18(24)21-19-20-11-14(2)29-19)15-5-7-16(8-6-15)30(25,26)10-4-9-27-3/h5-8,11,13,23H,4,9-10,12H2,1-3H3,(H,20,21,24)/b22-17+/t13-/m1/s1. The lowest BCUT2D eigenvalue weighted by molar-refractivity contribution is -0.110. The van der Waals surface area contributed by atoms with Crippen LogP contribution in [0.4, 0.5) is 5.13 Å². The number of aliphatic hydroxyl groups excluding tert-OH is 1. The lowest BCUT2D eigenvalue weighted by Crippen LogP contribution is -2.25. The highest BCUT2D eigenvalue weighted by atomic mass is 32.2. The molecule has 0 unspecified atom stereocenters. The van der Waals surface area contributed by atoms with Crippen molar-refractivity contribution in [3.63, 3.8) is 0 Å². The zero-order valence-electron chi connectivity index (χ0n) is 17.0. The van der Waals surface area contributed by atoms with Gasteiger partial charge in [0.2, 0.25) is 0 Å². The van der Waals surface area contributed by atoms with Crippen LogP contribution >= 0.6 is 11.3 Å². The number of sulfone groups is 1. The van der Waals surface area contributed by atoms with Gasteiger partial charge in [-0.05, 0) is 32.4 Å². The third-order valence-corrected chi connectivity index (χ3v) is 6.53. The lowest BCUT2D eigenvalue weighted by atomic mass is 10.1. The van der Waals surface area contributed by atoms with E-state index in [2.05, 4.69) is 15.5 Å². The number of anilines is 1. The van der Waals surface area contributed by atoms with Gasteiger partial charge < -0.3 is 14.7 Å². The second-order valence-corrected chi connectivity index (χ2v) is 9.80. The zero-order chi connectivity index (χ0) is 22.1. The summed E-state index contributed by atoms with van der Waals surface area (Å²) in [5.74, 6) is -0.604. The molecule has 0 saturated heterocycles. The Morgan fingerprint density at radius 2 is 2.03 bits per heavy atom. The summed E-state index contributed by atoms with van der Waals surface area (Å²) in [6.07, 6.45) is 1.40. The molecular weight excluding hydrogens is 430 g/mol. The number of aliphatic hydroxyl groups is 1. The largest absolute Gasteiger partial charge is 0.392 e. The van der Waals surface area contributed by atoms with Gasteiger partial charge in [-0.25, -0.2) is 13.4 Å². The van der Waals surface area contributed by atoms with Gasteiger partial charge in [-0.3, -0.25) is 10.1 Å². The van der Waals surface area contributed by atoms with Crippen LogP contribution in [0.2, 0.25) is 0 Å².